The number of hydrogen-bond donors (Lipinski definition) is 0. The van der Waals surface area contributed by atoms with Crippen LogP contribution in [0.25, 0.3) is 0 Å². The summed E-state index contributed by atoms with van der Waals surface area (Å²) >= 11 is 6.05. The summed E-state index contributed by atoms with van der Waals surface area (Å²) in [7, 11) is 0. The summed E-state index contributed by atoms with van der Waals surface area (Å²) in [5, 5.41) is 0.538. The number of benzene rings is 1. The first kappa shape index (κ1) is 15.2. The molecule has 0 unspecified atom stereocenters. The average molecular weight is 268 g/mol. The molecule has 0 aromatic heterocycles. The van der Waals surface area contributed by atoms with E-state index in [2.05, 4.69) is 32.6 Å². The number of halogens is 1. The molecule has 0 aliphatic rings. The van der Waals surface area contributed by atoms with Crippen molar-refractivity contribution >= 4 is 17.4 Å². The molecule has 0 aliphatic carbocycles. The normalized spacial score (nSPS) is 11.6. The Kier molecular flexibility index (Phi) is 5.83. The van der Waals surface area contributed by atoms with Crippen molar-refractivity contribution in [3.63, 3.8) is 0 Å². The molecule has 0 atom stereocenters. The van der Waals surface area contributed by atoms with Gasteiger partial charge in [-0.25, -0.2) is 0 Å². The van der Waals surface area contributed by atoms with Gasteiger partial charge in [0.1, 0.15) is 0 Å². The zero-order chi connectivity index (χ0) is 13.7. The van der Waals surface area contributed by atoms with Gasteiger partial charge < -0.3 is 0 Å². The summed E-state index contributed by atoms with van der Waals surface area (Å²) < 4.78 is 0. The van der Waals surface area contributed by atoms with E-state index in [1.807, 2.05) is 12.1 Å². The van der Waals surface area contributed by atoms with Crippen LogP contribution in [-0.2, 0) is 0 Å². The molecule has 100 valence electrons. The molecule has 1 aromatic rings. The highest BCUT2D eigenvalue weighted by Crippen LogP contribution is 2.16. The van der Waals surface area contributed by atoms with Crippen LogP contribution in [-0.4, -0.2) is 29.8 Å². The topological polar surface area (TPSA) is 20.3 Å². The van der Waals surface area contributed by atoms with Crippen molar-refractivity contribution in [2.24, 2.45) is 5.92 Å². The predicted octanol–water partition coefficient (Wildman–Crippen LogP) is 3.89. The molecule has 1 aromatic carbocycles. The van der Waals surface area contributed by atoms with Crippen LogP contribution in [0.1, 0.15) is 38.1 Å². The van der Waals surface area contributed by atoms with Gasteiger partial charge in [-0.15, -0.1) is 0 Å². The molecule has 0 bridgehead atoms. The first-order chi connectivity index (χ1) is 8.41. The van der Waals surface area contributed by atoms with Crippen molar-refractivity contribution in [2.75, 3.05) is 13.1 Å². The SMILES string of the molecule is CC(C)CN(CC(=O)c1ccccc1Cl)C(C)C. The molecule has 18 heavy (non-hydrogen) atoms. The third-order valence-corrected chi connectivity index (χ3v) is 3.18. The first-order valence-electron chi connectivity index (χ1n) is 6.43. The van der Waals surface area contributed by atoms with Gasteiger partial charge >= 0.3 is 0 Å². The number of hydrogen-bond acceptors (Lipinski definition) is 2. The highest BCUT2D eigenvalue weighted by molar-refractivity contribution is 6.34. The van der Waals surface area contributed by atoms with E-state index in [9.17, 15) is 4.79 Å². The number of carbonyl (C=O) groups is 1. The van der Waals surface area contributed by atoms with Crippen LogP contribution in [0.5, 0.6) is 0 Å². The molecular formula is C15H22ClNO. The minimum absolute atomic E-state index is 0.0925. The van der Waals surface area contributed by atoms with Gasteiger partial charge in [0.2, 0.25) is 0 Å². The van der Waals surface area contributed by atoms with E-state index in [0.29, 0.717) is 29.1 Å². The molecule has 0 fully saturated rings. The van der Waals surface area contributed by atoms with Crippen LogP contribution in [0.2, 0.25) is 5.02 Å². The van der Waals surface area contributed by atoms with Gasteiger partial charge in [0, 0.05) is 18.2 Å². The second kappa shape index (κ2) is 6.91. The molecule has 0 amide bonds. The van der Waals surface area contributed by atoms with Gasteiger partial charge in [-0.05, 0) is 31.9 Å². The van der Waals surface area contributed by atoms with E-state index in [-0.39, 0.29) is 5.78 Å². The minimum Gasteiger partial charge on any atom is -0.293 e. The maximum absolute atomic E-state index is 12.2. The van der Waals surface area contributed by atoms with E-state index in [1.165, 1.54) is 0 Å². The second-order valence-corrected chi connectivity index (χ2v) is 5.73. The van der Waals surface area contributed by atoms with E-state index in [4.69, 9.17) is 11.6 Å². The molecule has 0 aliphatic heterocycles. The Bertz CT molecular complexity index is 401. The summed E-state index contributed by atoms with van der Waals surface area (Å²) in [5.74, 6) is 0.640. The van der Waals surface area contributed by atoms with Crippen LogP contribution < -0.4 is 0 Å². The summed E-state index contributed by atoms with van der Waals surface area (Å²) in [6.07, 6.45) is 0. The summed E-state index contributed by atoms with van der Waals surface area (Å²) in [5.41, 5.74) is 0.619. The Morgan fingerprint density at radius 1 is 1.22 bits per heavy atom. The predicted molar refractivity (Wildman–Crippen MR) is 77.3 cm³/mol. The average Bonchev–Trinajstić information content (AvgIpc) is 2.27. The maximum Gasteiger partial charge on any atom is 0.178 e. The van der Waals surface area contributed by atoms with E-state index in [0.717, 1.165) is 6.54 Å². The lowest BCUT2D eigenvalue weighted by molar-refractivity contribution is 0.0893. The fourth-order valence-corrected chi connectivity index (χ4v) is 2.13. The lowest BCUT2D eigenvalue weighted by atomic mass is 10.1. The zero-order valence-electron chi connectivity index (χ0n) is 11.6. The Labute approximate surface area is 115 Å². The van der Waals surface area contributed by atoms with Crippen molar-refractivity contribution in [1.29, 1.82) is 0 Å². The van der Waals surface area contributed by atoms with Gasteiger partial charge in [-0.2, -0.15) is 0 Å². The largest absolute Gasteiger partial charge is 0.293 e. The highest BCUT2D eigenvalue weighted by atomic mass is 35.5. The molecule has 0 saturated carbocycles. The first-order valence-corrected chi connectivity index (χ1v) is 6.81. The lowest BCUT2D eigenvalue weighted by Gasteiger charge is -2.27. The zero-order valence-corrected chi connectivity index (χ0v) is 12.4. The fraction of sp³-hybridized carbons (Fsp3) is 0.533. The number of ketones is 1. The summed E-state index contributed by atoms with van der Waals surface area (Å²) in [6.45, 7) is 9.91. The van der Waals surface area contributed by atoms with Crippen molar-refractivity contribution < 1.29 is 4.79 Å². The minimum atomic E-state index is 0.0925. The Hall–Kier alpha value is -0.860. The molecule has 2 nitrogen and oxygen atoms in total. The van der Waals surface area contributed by atoms with Crippen LogP contribution in [0.4, 0.5) is 0 Å². The number of Topliss-reactive ketones (excluding diaryl/α,β-unsaturated/α-hetero) is 1. The van der Waals surface area contributed by atoms with Gasteiger partial charge in [0.25, 0.3) is 0 Å². The standard InChI is InChI=1S/C15H22ClNO/c1-11(2)9-17(12(3)4)10-15(18)13-7-5-6-8-14(13)16/h5-8,11-12H,9-10H2,1-4H3. The van der Waals surface area contributed by atoms with Crippen molar-refractivity contribution in [2.45, 2.75) is 33.7 Å². The Balaban J connectivity index is 2.76. The van der Waals surface area contributed by atoms with Gasteiger partial charge in [0.05, 0.1) is 11.6 Å². The smallest absolute Gasteiger partial charge is 0.178 e. The molecular weight excluding hydrogens is 246 g/mol. The summed E-state index contributed by atoms with van der Waals surface area (Å²) in [6, 6.07) is 7.60. The highest BCUT2D eigenvalue weighted by Gasteiger charge is 2.17. The third-order valence-electron chi connectivity index (χ3n) is 2.85. The van der Waals surface area contributed by atoms with Crippen LogP contribution in [0.15, 0.2) is 24.3 Å². The molecule has 0 N–H and O–H groups in total. The number of rotatable bonds is 6. The van der Waals surface area contributed by atoms with Gasteiger partial charge in [-0.1, -0.05) is 37.6 Å². The van der Waals surface area contributed by atoms with E-state index in [1.54, 1.807) is 12.1 Å². The molecule has 0 heterocycles. The number of nitrogens with zero attached hydrogens (tertiary/aromatic N) is 1. The Morgan fingerprint density at radius 3 is 2.33 bits per heavy atom. The third kappa shape index (κ3) is 4.43. The van der Waals surface area contributed by atoms with Gasteiger partial charge in [0.15, 0.2) is 5.78 Å². The molecule has 0 spiro atoms. The van der Waals surface area contributed by atoms with Crippen molar-refractivity contribution in [1.82, 2.24) is 4.90 Å². The van der Waals surface area contributed by atoms with Crippen molar-refractivity contribution in [3.8, 4) is 0 Å². The monoisotopic (exact) mass is 267 g/mol. The lowest BCUT2D eigenvalue weighted by Crippen LogP contribution is -2.38. The molecule has 1 rings (SSSR count). The quantitative estimate of drug-likeness (QED) is 0.729. The van der Waals surface area contributed by atoms with E-state index >= 15 is 0 Å². The molecule has 0 saturated heterocycles. The van der Waals surface area contributed by atoms with E-state index < -0.39 is 0 Å². The Morgan fingerprint density at radius 2 is 1.83 bits per heavy atom. The number of carbonyl (C=O) groups excluding carboxylic acids is 1. The van der Waals surface area contributed by atoms with Crippen LogP contribution in [0, 0.1) is 5.92 Å². The fourth-order valence-electron chi connectivity index (χ4n) is 1.88. The second-order valence-electron chi connectivity index (χ2n) is 5.32. The van der Waals surface area contributed by atoms with Crippen LogP contribution >= 0.6 is 11.6 Å². The maximum atomic E-state index is 12.2. The molecule has 3 heteroatoms. The van der Waals surface area contributed by atoms with Crippen LogP contribution in [0.3, 0.4) is 0 Å². The summed E-state index contributed by atoms with van der Waals surface area (Å²) in [4.78, 5) is 14.4. The molecule has 0 radical (unpaired) electrons. The van der Waals surface area contributed by atoms with Crippen molar-refractivity contribution in [3.05, 3.63) is 34.9 Å². The van der Waals surface area contributed by atoms with Gasteiger partial charge in [-0.3, -0.25) is 9.69 Å².